The SMILES string of the molecule is NC(=O)c1ccc(NS(=O)(=O)CCCCl)cc1. The highest BCUT2D eigenvalue weighted by Gasteiger charge is 2.09. The fourth-order valence-electron chi connectivity index (χ4n) is 1.18. The summed E-state index contributed by atoms with van der Waals surface area (Å²) < 4.78 is 25.4. The van der Waals surface area contributed by atoms with Crippen LogP contribution in [0.2, 0.25) is 0 Å². The molecule has 1 aromatic rings. The first-order chi connectivity index (χ1) is 7.94. The number of primary amides is 1. The summed E-state index contributed by atoms with van der Waals surface area (Å²) in [5, 5.41) is 0. The number of benzene rings is 1. The zero-order chi connectivity index (χ0) is 12.9. The van der Waals surface area contributed by atoms with Crippen molar-refractivity contribution in [1.29, 1.82) is 0 Å². The van der Waals surface area contributed by atoms with E-state index >= 15 is 0 Å². The first-order valence-corrected chi connectivity index (χ1v) is 7.09. The average molecular weight is 277 g/mol. The molecule has 0 atom stereocenters. The quantitative estimate of drug-likeness (QED) is 0.764. The van der Waals surface area contributed by atoms with E-state index in [1.807, 2.05) is 0 Å². The molecule has 0 saturated carbocycles. The van der Waals surface area contributed by atoms with Gasteiger partial charge in [-0.2, -0.15) is 0 Å². The molecule has 0 fully saturated rings. The number of hydrogen-bond donors (Lipinski definition) is 2. The molecule has 0 spiro atoms. The predicted molar refractivity (Wildman–Crippen MR) is 67.7 cm³/mol. The van der Waals surface area contributed by atoms with Crippen molar-refractivity contribution >= 4 is 33.2 Å². The van der Waals surface area contributed by atoms with Crippen molar-refractivity contribution in [2.75, 3.05) is 16.4 Å². The van der Waals surface area contributed by atoms with E-state index in [1.54, 1.807) is 0 Å². The second-order valence-electron chi connectivity index (χ2n) is 3.41. The van der Waals surface area contributed by atoms with Crippen molar-refractivity contribution in [2.24, 2.45) is 5.73 Å². The number of hydrogen-bond acceptors (Lipinski definition) is 3. The van der Waals surface area contributed by atoms with Gasteiger partial charge in [0.1, 0.15) is 0 Å². The van der Waals surface area contributed by atoms with Crippen LogP contribution in [0.1, 0.15) is 16.8 Å². The molecule has 1 rings (SSSR count). The molecule has 0 aliphatic rings. The third-order valence-corrected chi connectivity index (χ3v) is 3.63. The van der Waals surface area contributed by atoms with Gasteiger partial charge in [-0.05, 0) is 30.7 Å². The molecule has 0 aliphatic heterocycles. The molecule has 94 valence electrons. The number of halogens is 1. The number of rotatable bonds is 6. The number of nitrogens with two attached hydrogens (primary N) is 1. The van der Waals surface area contributed by atoms with Gasteiger partial charge in [-0.1, -0.05) is 0 Å². The Morgan fingerprint density at radius 3 is 2.35 bits per heavy atom. The standard InChI is InChI=1S/C10H13ClN2O3S/c11-6-1-7-17(15,16)13-9-4-2-8(3-5-9)10(12)14/h2-5,13H,1,6-7H2,(H2,12,14). The van der Waals surface area contributed by atoms with E-state index < -0.39 is 15.9 Å². The van der Waals surface area contributed by atoms with Gasteiger partial charge in [0, 0.05) is 17.1 Å². The van der Waals surface area contributed by atoms with Crippen LogP contribution >= 0.6 is 11.6 Å². The maximum Gasteiger partial charge on any atom is 0.248 e. The molecule has 5 nitrogen and oxygen atoms in total. The highest BCUT2D eigenvalue weighted by molar-refractivity contribution is 7.92. The van der Waals surface area contributed by atoms with E-state index in [1.165, 1.54) is 24.3 Å². The fraction of sp³-hybridized carbons (Fsp3) is 0.300. The van der Waals surface area contributed by atoms with Crippen molar-refractivity contribution in [1.82, 2.24) is 0 Å². The summed E-state index contributed by atoms with van der Waals surface area (Å²) in [6.07, 6.45) is 0.385. The van der Waals surface area contributed by atoms with Crippen LogP contribution in [-0.2, 0) is 10.0 Å². The Hall–Kier alpha value is -1.27. The minimum atomic E-state index is -3.38. The lowest BCUT2D eigenvalue weighted by molar-refractivity contribution is 0.100. The van der Waals surface area contributed by atoms with Gasteiger partial charge in [-0.3, -0.25) is 9.52 Å². The molecule has 0 aromatic heterocycles. The van der Waals surface area contributed by atoms with Crippen LogP contribution in [0.15, 0.2) is 24.3 Å². The van der Waals surface area contributed by atoms with Gasteiger partial charge in [0.15, 0.2) is 0 Å². The lowest BCUT2D eigenvalue weighted by Crippen LogP contribution is -2.17. The maximum atomic E-state index is 11.5. The van der Waals surface area contributed by atoms with E-state index in [4.69, 9.17) is 17.3 Å². The Balaban J connectivity index is 2.72. The third-order valence-electron chi connectivity index (χ3n) is 1.99. The lowest BCUT2D eigenvalue weighted by Gasteiger charge is -2.07. The van der Waals surface area contributed by atoms with Crippen LogP contribution in [0.25, 0.3) is 0 Å². The first kappa shape index (κ1) is 13.8. The van der Waals surface area contributed by atoms with Crippen LogP contribution in [-0.4, -0.2) is 26.0 Å². The fourth-order valence-corrected chi connectivity index (χ4v) is 2.59. The lowest BCUT2D eigenvalue weighted by atomic mass is 10.2. The van der Waals surface area contributed by atoms with Gasteiger partial charge in [-0.25, -0.2) is 8.42 Å². The van der Waals surface area contributed by atoms with Crippen molar-refractivity contribution in [3.8, 4) is 0 Å². The summed E-state index contributed by atoms with van der Waals surface area (Å²) in [6, 6.07) is 5.89. The minimum Gasteiger partial charge on any atom is -0.366 e. The third kappa shape index (κ3) is 4.62. The van der Waals surface area contributed by atoms with E-state index in [2.05, 4.69) is 4.72 Å². The van der Waals surface area contributed by atoms with Crippen LogP contribution < -0.4 is 10.5 Å². The Morgan fingerprint density at radius 1 is 1.29 bits per heavy atom. The molecule has 1 amide bonds. The number of amides is 1. The Morgan fingerprint density at radius 2 is 1.88 bits per heavy atom. The van der Waals surface area contributed by atoms with Gasteiger partial charge >= 0.3 is 0 Å². The molecular formula is C10H13ClN2O3S. The average Bonchev–Trinajstić information content (AvgIpc) is 2.26. The zero-order valence-corrected chi connectivity index (χ0v) is 10.6. The molecule has 0 saturated heterocycles. The molecule has 0 unspecified atom stereocenters. The number of alkyl halides is 1. The summed E-state index contributed by atoms with van der Waals surface area (Å²) in [5.41, 5.74) is 5.79. The number of anilines is 1. The number of sulfonamides is 1. The van der Waals surface area contributed by atoms with Crippen molar-refractivity contribution < 1.29 is 13.2 Å². The Labute approximate surface area is 105 Å². The predicted octanol–water partition coefficient (Wildman–Crippen LogP) is 1.16. The molecule has 1 aromatic carbocycles. The smallest absolute Gasteiger partial charge is 0.248 e. The van der Waals surface area contributed by atoms with Crippen molar-refractivity contribution in [3.05, 3.63) is 29.8 Å². The van der Waals surface area contributed by atoms with Gasteiger partial charge < -0.3 is 5.73 Å². The highest BCUT2D eigenvalue weighted by atomic mass is 35.5. The molecular weight excluding hydrogens is 264 g/mol. The number of carbonyl (C=O) groups is 1. The zero-order valence-electron chi connectivity index (χ0n) is 9.02. The molecule has 0 aliphatic carbocycles. The summed E-state index contributed by atoms with van der Waals surface area (Å²) in [7, 11) is -3.38. The van der Waals surface area contributed by atoms with Crippen molar-refractivity contribution in [3.63, 3.8) is 0 Å². The first-order valence-electron chi connectivity index (χ1n) is 4.91. The second-order valence-corrected chi connectivity index (χ2v) is 5.62. The number of carbonyl (C=O) groups excluding carboxylic acids is 1. The molecule has 0 bridgehead atoms. The van der Waals surface area contributed by atoms with E-state index in [-0.39, 0.29) is 5.75 Å². The maximum absolute atomic E-state index is 11.5. The summed E-state index contributed by atoms with van der Waals surface area (Å²) in [4.78, 5) is 10.8. The summed E-state index contributed by atoms with van der Waals surface area (Å²) in [6.45, 7) is 0. The minimum absolute atomic E-state index is 0.0337. The largest absolute Gasteiger partial charge is 0.366 e. The molecule has 0 radical (unpaired) electrons. The highest BCUT2D eigenvalue weighted by Crippen LogP contribution is 2.11. The molecule has 7 heteroatoms. The normalized spacial score (nSPS) is 11.1. The molecule has 3 N–H and O–H groups in total. The van der Waals surface area contributed by atoms with E-state index in [9.17, 15) is 13.2 Å². The van der Waals surface area contributed by atoms with Gasteiger partial charge in [0.25, 0.3) is 0 Å². The number of nitrogens with one attached hydrogen (secondary N) is 1. The van der Waals surface area contributed by atoms with Gasteiger partial charge in [0.05, 0.1) is 5.75 Å². The van der Waals surface area contributed by atoms with E-state index in [0.717, 1.165) is 0 Å². The van der Waals surface area contributed by atoms with Crippen molar-refractivity contribution in [2.45, 2.75) is 6.42 Å². The van der Waals surface area contributed by atoms with Crippen LogP contribution in [0.5, 0.6) is 0 Å². The van der Waals surface area contributed by atoms with Crippen LogP contribution in [0.3, 0.4) is 0 Å². The Bertz CT molecular complexity index is 485. The van der Waals surface area contributed by atoms with Crippen LogP contribution in [0, 0.1) is 0 Å². The second kappa shape index (κ2) is 5.88. The van der Waals surface area contributed by atoms with E-state index in [0.29, 0.717) is 23.6 Å². The monoisotopic (exact) mass is 276 g/mol. The van der Waals surface area contributed by atoms with Crippen LogP contribution in [0.4, 0.5) is 5.69 Å². The summed E-state index contributed by atoms with van der Waals surface area (Å²) >= 11 is 5.42. The molecule has 17 heavy (non-hydrogen) atoms. The molecule has 0 heterocycles. The topological polar surface area (TPSA) is 89.3 Å². The summed E-state index contributed by atoms with van der Waals surface area (Å²) in [5.74, 6) is -0.295. The van der Waals surface area contributed by atoms with Gasteiger partial charge in [0.2, 0.25) is 15.9 Å². The Kier molecular flexibility index (Phi) is 4.77. The van der Waals surface area contributed by atoms with Gasteiger partial charge in [-0.15, -0.1) is 11.6 Å².